The Morgan fingerprint density at radius 1 is 1.32 bits per heavy atom. The lowest BCUT2D eigenvalue weighted by Gasteiger charge is -2.32. The number of likely N-dealkylation sites (tertiary alicyclic amines) is 1. The molecule has 1 atom stereocenters. The van der Waals surface area contributed by atoms with Crippen LogP contribution >= 0.6 is 0 Å². The molecule has 3 rings (SSSR count). The van der Waals surface area contributed by atoms with Gasteiger partial charge >= 0.3 is 12.2 Å². The normalized spacial score (nSPS) is 17.4. The van der Waals surface area contributed by atoms with Crippen molar-refractivity contribution in [3.8, 4) is 6.01 Å². The molecule has 1 saturated heterocycles. The standard InChI is InChI=1S/C20H22F3N3O2/c1-14-4-2-5-15(12-14)7-8-18(27)26-11-3-6-16(13-26)28-19-24-10-9-17(25-19)20(21,22)23/h2,4-5,9-10,12,16H,3,6-8,11,13H2,1H3. The molecule has 0 N–H and O–H groups in total. The van der Waals surface area contributed by atoms with E-state index in [2.05, 4.69) is 16.0 Å². The molecule has 0 aliphatic carbocycles. The molecular weight excluding hydrogens is 371 g/mol. The van der Waals surface area contributed by atoms with E-state index in [9.17, 15) is 18.0 Å². The molecule has 1 fully saturated rings. The number of hydrogen-bond acceptors (Lipinski definition) is 4. The third-order valence-electron chi connectivity index (χ3n) is 4.64. The summed E-state index contributed by atoms with van der Waals surface area (Å²) in [5.74, 6) is 0.0137. The van der Waals surface area contributed by atoms with Gasteiger partial charge in [-0.3, -0.25) is 4.79 Å². The van der Waals surface area contributed by atoms with Crippen LogP contribution < -0.4 is 4.74 Å². The van der Waals surface area contributed by atoms with Gasteiger partial charge in [0.25, 0.3) is 0 Å². The highest BCUT2D eigenvalue weighted by atomic mass is 19.4. The van der Waals surface area contributed by atoms with Gasteiger partial charge in [-0.05, 0) is 37.8 Å². The third-order valence-corrected chi connectivity index (χ3v) is 4.64. The number of halogens is 3. The van der Waals surface area contributed by atoms with Gasteiger partial charge in [0.15, 0.2) is 5.69 Å². The summed E-state index contributed by atoms with van der Waals surface area (Å²) in [6.07, 6.45) is -1.54. The van der Waals surface area contributed by atoms with E-state index in [-0.39, 0.29) is 11.9 Å². The fraction of sp³-hybridized carbons (Fsp3) is 0.450. The van der Waals surface area contributed by atoms with Gasteiger partial charge in [-0.2, -0.15) is 18.2 Å². The van der Waals surface area contributed by atoms with Crippen molar-refractivity contribution >= 4 is 5.91 Å². The van der Waals surface area contributed by atoms with E-state index < -0.39 is 18.0 Å². The topological polar surface area (TPSA) is 55.3 Å². The van der Waals surface area contributed by atoms with Crippen LogP contribution in [0.25, 0.3) is 0 Å². The van der Waals surface area contributed by atoms with E-state index in [0.29, 0.717) is 32.4 Å². The summed E-state index contributed by atoms with van der Waals surface area (Å²) in [5, 5.41) is 0. The molecule has 1 aliphatic rings. The first-order valence-electron chi connectivity index (χ1n) is 9.21. The Kier molecular flexibility index (Phi) is 6.16. The number of piperidine rings is 1. The molecule has 150 valence electrons. The van der Waals surface area contributed by atoms with Gasteiger partial charge in [-0.15, -0.1) is 0 Å². The Hall–Kier alpha value is -2.64. The number of carbonyl (C=O) groups is 1. The predicted molar refractivity (Wildman–Crippen MR) is 96.8 cm³/mol. The minimum Gasteiger partial charge on any atom is -0.458 e. The second-order valence-electron chi connectivity index (χ2n) is 6.93. The lowest BCUT2D eigenvalue weighted by atomic mass is 10.0. The summed E-state index contributed by atoms with van der Waals surface area (Å²) >= 11 is 0. The van der Waals surface area contributed by atoms with Crippen molar-refractivity contribution in [2.45, 2.75) is 44.9 Å². The minimum absolute atomic E-state index is 0.0137. The summed E-state index contributed by atoms with van der Waals surface area (Å²) in [7, 11) is 0. The number of aryl methyl sites for hydroxylation is 2. The van der Waals surface area contributed by atoms with Crippen LogP contribution in [0.5, 0.6) is 6.01 Å². The molecule has 0 saturated carbocycles. The zero-order valence-corrected chi connectivity index (χ0v) is 15.6. The molecule has 2 heterocycles. The fourth-order valence-electron chi connectivity index (χ4n) is 3.24. The van der Waals surface area contributed by atoms with E-state index in [1.54, 1.807) is 4.90 Å². The SMILES string of the molecule is Cc1cccc(CCC(=O)N2CCCC(Oc3nccc(C(F)(F)F)n3)C2)c1. The van der Waals surface area contributed by atoms with E-state index >= 15 is 0 Å². The first-order chi connectivity index (χ1) is 13.3. The van der Waals surface area contributed by atoms with Crippen molar-refractivity contribution in [3.05, 3.63) is 53.3 Å². The first kappa shape index (κ1) is 20.1. The maximum atomic E-state index is 12.8. The molecule has 1 amide bonds. The number of nitrogens with zero attached hydrogens (tertiary/aromatic N) is 3. The molecule has 0 radical (unpaired) electrons. The highest BCUT2D eigenvalue weighted by Gasteiger charge is 2.33. The van der Waals surface area contributed by atoms with Crippen LogP contribution in [0.1, 0.15) is 36.1 Å². The first-order valence-corrected chi connectivity index (χ1v) is 9.21. The van der Waals surface area contributed by atoms with E-state index in [0.717, 1.165) is 29.8 Å². The average Bonchev–Trinajstić information content (AvgIpc) is 2.66. The summed E-state index contributed by atoms with van der Waals surface area (Å²) < 4.78 is 43.8. The molecule has 0 bridgehead atoms. The Bertz CT molecular complexity index is 826. The maximum Gasteiger partial charge on any atom is 0.433 e. The van der Waals surface area contributed by atoms with Crippen LogP contribution in [0.4, 0.5) is 13.2 Å². The van der Waals surface area contributed by atoms with Crippen molar-refractivity contribution < 1.29 is 22.7 Å². The lowest BCUT2D eigenvalue weighted by molar-refractivity contribution is -0.141. The van der Waals surface area contributed by atoms with E-state index in [4.69, 9.17) is 4.74 Å². The summed E-state index contributed by atoms with van der Waals surface area (Å²) in [6.45, 7) is 2.95. The Morgan fingerprint density at radius 2 is 2.14 bits per heavy atom. The molecule has 8 heteroatoms. The van der Waals surface area contributed by atoms with Gasteiger partial charge in [0.1, 0.15) is 6.10 Å². The molecule has 1 aliphatic heterocycles. The van der Waals surface area contributed by atoms with Gasteiger partial charge in [0, 0.05) is 19.2 Å². The summed E-state index contributed by atoms with van der Waals surface area (Å²) in [4.78, 5) is 21.4. The van der Waals surface area contributed by atoms with Gasteiger partial charge < -0.3 is 9.64 Å². The predicted octanol–water partition coefficient (Wildman–Crippen LogP) is 3.81. The van der Waals surface area contributed by atoms with E-state index in [1.165, 1.54) is 0 Å². The number of aromatic nitrogens is 2. The number of rotatable bonds is 5. The van der Waals surface area contributed by atoms with E-state index in [1.807, 2.05) is 25.1 Å². The minimum atomic E-state index is -4.55. The number of benzene rings is 1. The summed E-state index contributed by atoms with van der Waals surface area (Å²) in [5.41, 5.74) is 1.22. The zero-order valence-electron chi connectivity index (χ0n) is 15.6. The lowest BCUT2D eigenvalue weighted by Crippen LogP contribution is -2.44. The van der Waals surface area contributed by atoms with Crippen molar-refractivity contribution in [3.63, 3.8) is 0 Å². The largest absolute Gasteiger partial charge is 0.458 e. The van der Waals surface area contributed by atoms with Gasteiger partial charge in [-0.1, -0.05) is 29.8 Å². The molecule has 1 aromatic heterocycles. The number of carbonyl (C=O) groups excluding carboxylic acids is 1. The van der Waals surface area contributed by atoms with Crippen molar-refractivity contribution in [2.75, 3.05) is 13.1 Å². The molecular formula is C20H22F3N3O2. The fourth-order valence-corrected chi connectivity index (χ4v) is 3.24. The number of hydrogen-bond donors (Lipinski definition) is 0. The zero-order chi connectivity index (χ0) is 20.1. The highest BCUT2D eigenvalue weighted by molar-refractivity contribution is 5.76. The van der Waals surface area contributed by atoms with Crippen molar-refractivity contribution in [1.82, 2.24) is 14.9 Å². The van der Waals surface area contributed by atoms with Gasteiger partial charge in [0.2, 0.25) is 5.91 Å². The Morgan fingerprint density at radius 3 is 2.89 bits per heavy atom. The van der Waals surface area contributed by atoms with Crippen LogP contribution in [-0.2, 0) is 17.4 Å². The monoisotopic (exact) mass is 393 g/mol. The second kappa shape index (κ2) is 8.58. The Labute approximate surface area is 161 Å². The van der Waals surface area contributed by atoms with Crippen LogP contribution in [0.2, 0.25) is 0 Å². The third kappa shape index (κ3) is 5.43. The second-order valence-corrected chi connectivity index (χ2v) is 6.93. The quantitative estimate of drug-likeness (QED) is 0.775. The molecule has 28 heavy (non-hydrogen) atoms. The smallest absolute Gasteiger partial charge is 0.433 e. The average molecular weight is 393 g/mol. The van der Waals surface area contributed by atoms with Gasteiger partial charge in [-0.25, -0.2) is 4.98 Å². The maximum absolute atomic E-state index is 12.8. The van der Waals surface area contributed by atoms with Crippen molar-refractivity contribution in [2.24, 2.45) is 0 Å². The van der Waals surface area contributed by atoms with Crippen LogP contribution in [0.3, 0.4) is 0 Å². The number of ether oxygens (including phenoxy) is 1. The Balaban J connectivity index is 1.55. The molecule has 1 aromatic carbocycles. The van der Waals surface area contributed by atoms with Crippen LogP contribution in [0.15, 0.2) is 36.5 Å². The van der Waals surface area contributed by atoms with Gasteiger partial charge in [0.05, 0.1) is 6.54 Å². The molecule has 0 spiro atoms. The van der Waals surface area contributed by atoms with Crippen molar-refractivity contribution in [1.29, 1.82) is 0 Å². The number of amides is 1. The van der Waals surface area contributed by atoms with Crippen LogP contribution in [0, 0.1) is 6.92 Å². The molecule has 5 nitrogen and oxygen atoms in total. The molecule has 1 unspecified atom stereocenters. The highest BCUT2D eigenvalue weighted by Crippen LogP contribution is 2.28. The van der Waals surface area contributed by atoms with Crippen LogP contribution in [-0.4, -0.2) is 40.0 Å². The summed E-state index contributed by atoms with van der Waals surface area (Å²) in [6, 6.07) is 8.51. The molecule has 2 aromatic rings. The number of alkyl halides is 3.